The number of hydrogen-bond acceptors (Lipinski definition) is 4. The summed E-state index contributed by atoms with van der Waals surface area (Å²) in [5.41, 5.74) is 0.112. The highest BCUT2D eigenvalue weighted by molar-refractivity contribution is 5.01. The Balaban J connectivity index is 2.94. The minimum Gasteiger partial charge on any atom is -0.312 e. The molecule has 0 fully saturated rings. The van der Waals surface area contributed by atoms with Gasteiger partial charge in [-0.15, -0.1) is 0 Å². The summed E-state index contributed by atoms with van der Waals surface area (Å²) >= 11 is 0. The van der Waals surface area contributed by atoms with E-state index < -0.39 is 0 Å². The summed E-state index contributed by atoms with van der Waals surface area (Å²) in [7, 11) is 4.30. The number of rotatable bonds is 8. The molecule has 5 heteroatoms. The van der Waals surface area contributed by atoms with Crippen LogP contribution in [-0.4, -0.2) is 51.9 Å². The van der Waals surface area contributed by atoms with Crippen LogP contribution in [-0.2, 0) is 13.0 Å². The zero-order valence-electron chi connectivity index (χ0n) is 13.3. The molecule has 110 valence electrons. The molecule has 0 saturated heterocycles. The molecule has 1 aromatic heterocycles. The van der Waals surface area contributed by atoms with Gasteiger partial charge in [-0.05, 0) is 40.9 Å². The first-order valence-electron chi connectivity index (χ1n) is 7.27. The van der Waals surface area contributed by atoms with Gasteiger partial charge in [-0.1, -0.05) is 13.8 Å². The minimum absolute atomic E-state index is 0.112. The number of aromatic nitrogens is 3. The standard InChI is InChI=1S/C14H29N5/c1-7-14(4,18(5)6)12(15-8-2)10-13-16-11-17-19(13)9-3/h11-12,15H,7-10H2,1-6H3. The second kappa shape index (κ2) is 7.01. The number of nitrogens with one attached hydrogen (secondary N) is 1. The Morgan fingerprint density at radius 3 is 2.53 bits per heavy atom. The van der Waals surface area contributed by atoms with Crippen LogP contribution >= 0.6 is 0 Å². The van der Waals surface area contributed by atoms with Crippen molar-refractivity contribution in [1.82, 2.24) is 25.0 Å². The third kappa shape index (κ3) is 3.54. The maximum absolute atomic E-state index is 4.41. The molecule has 0 amide bonds. The molecule has 5 nitrogen and oxygen atoms in total. The molecule has 2 atom stereocenters. The second-order valence-corrected chi connectivity index (χ2v) is 5.41. The molecule has 0 saturated carbocycles. The van der Waals surface area contributed by atoms with Gasteiger partial charge in [-0.25, -0.2) is 4.98 Å². The van der Waals surface area contributed by atoms with Crippen LogP contribution in [0.5, 0.6) is 0 Å². The molecular weight excluding hydrogens is 238 g/mol. The van der Waals surface area contributed by atoms with Crippen LogP contribution in [0.3, 0.4) is 0 Å². The molecule has 19 heavy (non-hydrogen) atoms. The van der Waals surface area contributed by atoms with E-state index in [2.05, 4.69) is 62.1 Å². The van der Waals surface area contributed by atoms with Crippen molar-refractivity contribution < 1.29 is 0 Å². The van der Waals surface area contributed by atoms with E-state index in [-0.39, 0.29) is 5.54 Å². The lowest BCUT2D eigenvalue weighted by Gasteiger charge is -2.43. The van der Waals surface area contributed by atoms with Gasteiger partial charge in [-0.3, -0.25) is 4.68 Å². The summed E-state index contributed by atoms with van der Waals surface area (Å²) in [4.78, 5) is 6.72. The number of likely N-dealkylation sites (N-methyl/N-ethyl adjacent to an activating group) is 2. The molecular formula is C14H29N5. The second-order valence-electron chi connectivity index (χ2n) is 5.41. The van der Waals surface area contributed by atoms with Crippen molar-refractivity contribution in [2.75, 3.05) is 20.6 Å². The van der Waals surface area contributed by atoms with Crippen molar-refractivity contribution in [3.63, 3.8) is 0 Å². The monoisotopic (exact) mass is 267 g/mol. The van der Waals surface area contributed by atoms with Crippen molar-refractivity contribution >= 4 is 0 Å². The Labute approximate surface area is 117 Å². The van der Waals surface area contributed by atoms with Crippen molar-refractivity contribution in [2.24, 2.45) is 0 Å². The first kappa shape index (κ1) is 16.1. The zero-order valence-corrected chi connectivity index (χ0v) is 13.3. The van der Waals surface area contributed by atoms with Crippen LogP contribution in [0.2, 0.25) is 0 Å². The highest BCUT2D eigenvalue weighted by Crippen LogP contribution is 2.23. The molecule has 2 unspecified atom stereocenters. The molecule has 1 heterocycles. The molecule has 0 aromatic carbocycles. The molecule has 0 radical (unpaired) electrons. The van der Waals surface area contributed by atoms with Crippen molar-refractivity contribution in [3.8, 4) is 0 Å². The summed E-state index contributed by atoms with van der Waals surface area (Å²) in [5.74, 6) is 1.06. The van der Waals surface area contributed by atoms with E-state index in [4.69, 9.17) is 0 Å². The highest BCUT2D eigenvalue weighted by atomic mass is 15.3. The summed E-state index contributed by atoms with van der Waals surface area (Å²) in [6.07, 6.45) is 3.66. The smallest absolute Gasteiger partial charge is 0.138 e. The van der Waals surface area contributed by atoms with Gasteiger partial charge in [0, 0.05) is 24.5 Å². The Morgan fingerprint density at radius 2 is 2.05 bits per heavy atom. The van der Waals surface area contributed by atoms with Gasteiger partial charge >= 0.3 is 0 Å². The van der Waals surface area contributed by atoms with Crippen LogP contribution in [0.15, 0.2) is 6.33 Å². The maximum Gasteiger partial charge on any atom is 0.138 e. The van der Waals surface area contributed by atoms with Crippen molar-refractivity contribution in [2.45, 2.75) is 58.7 Å². The van der Waals surface area contributed by atoms with Gasteiger partial charge in [0.2, 0.25) is 0 Å². The largest absolute Gasteiger partial charge is 0.312 e. The van der Waals surface area contributed by atoms with E-state index in [1.807, 2.05) is 4.68 Å². The maximum atomic E-state index is 4.41. The quantitative estimate of drug-likeness (QED) is 0.776. The van der Waals surface area contributed by atoms with Gasteiger partial charge in [0.15, 0.2) is 0 Å². The van der Waals surface area contributed by atoms with Crippen LogP contribution in [0, 0.1) is 0 Å². The fourth-order valence-electron chi connectivity index (χ4n) is 2.53. The predicted molar refractivity (Wildman–Crippen MR) is 79.2 cm³/mol. The number of aryl methyl sites for hydroxylation is 1. The molecule has 0 aliphatic rings. The Morgan fingerprint density at radius 1 is 1.37 bits per heavy atom. The lowest BCUT2D eigenvalue weighted by Crippen LogP contribution is -2.58. The van der Waals surface area contributed by atoms with E-state index in [1.54, 1.807) is 6.33 Å². The number of hydrogen-bond donors (Lipinski definition) is 1. The first-order chi connectivity index (χ1) is 8.99. The van der Waals surface area contributed by atoms with E-state index in [0.29, 0.717) is 6.04 Å². The third-order valence-corrected chi connectivity index (χ3v) is 4.32. The molecule has 0 spiro atoms. The summed E-state index contributed by atoms with van der Waals surface area (Å²) in [6, 6.07) is 0.368. The van der Waals surface area contributed by atoms with Gasteiger partial charge in [0.05, 0.1) is 0 Å². The van der Waals surface area contributed by atoms with Crippen molar-refractivity contribution in [3.05, 3.63) is 12.2 Å². The Hall–Kier alpha value is -0.940. The van der Waals surface area contributed by atoms with E-state index >= 15 is 0 Å². The van der Waals surface area contributed by atoms with E-state index in [0.717, 1.165) is 31.8 Å². The molecule has 0 aliphatic heterocycles. The minimum atomic E-state index is 0.112. The zero-order chi connectivity index (χ0) is 14.5. The van der Waals surface area contributed by atoms with Crippen LogP contribution < -0.4 is 5.32 Å². The highest BCUT2D eigenvalue weighted by Gasteiger charge is 2.35. The molecule has 0 bridgehead atoms. The van der Waals surface area contributed by atoms with Crippen LogP contribution in [0.1, 0.15) is 39.9 Å². The lowest BCUT2D eigenvalue weighted by atomic mass is 9.85. The molecule has 1 rings (SSSR count). The molecule has 0 aliphatic carbocycles. The molecule has 1 N–H and O–H groups in total. The average molecular weight is 267 g/mol. The Bertz CT molecular complexity index is 374. The van der Waals surface area contributed by atoms with Crippen LogP contribution in [0.25, 0.3) is 0 Å². The first-order valence-corrected chi connectivity index (χ1v) is 7.27. The Kier molecular flexibility index (Phi) is 5.94. The fraction of sp³-hybridized carbons (Fsp3) is 0.857. The van der Waals surface area contributed by atoms with E-state index in [1.165, 1.54) is 0 Å². The fourth-order valence-corrected chi connectivity index (χ4v) is 2.53. The van der Waals surface area contributed by atoms with Crippen molar-refractivity contribution in [1.29, 1.82) is 0 Å². The van der Waals surface area contributed by atoms with Gasteiger partial charge < -0.3 is 10.2 Å². The lowest BCUT2D eigenvalue weighted by molar-refractivity contribution is 0.111. The van der Waals surface area contributed by atoms with Gasteiger partial charge in [0.1, 0.15) is 12.2 Å². The summed E-state index contributed by atoms with van der Waals surface area (Å²) < 4.78 is 1.98. The summed E-state index contributed by atoms with van der Waals surface area (Å²) in [6.45, 7) is 10.7. The summed E-state index contributed by atoms with van der Waals surface area (Å²) in [5, 5.41) is 7.89. The normalized spacial score (nSPS) is 16.6. The van der Waals surface area contributed by atoms with Gasteiger partial charge in [0.25, 0.3) is 0 Å². The van der Waals surface area contributed by atoms with Gasteiger partial charge in [-0.2, -0.15) is 5.10 Å². The third-order valence-electron chi connectivity index (χ3n) is 4.32. The molecule has 1 aromatic rings. The SMILES string of the molecule is CCNC(Cc1ncnn1CC)C(C)(CC)N(C)C. The topological polar surface area (TPSA) is 46.0 Å². The van der Waals surface area contributed by atoms with Crippen LogP contribution in [0.4, 0.5) is 0 Å². The van der Waals surface area contributed by atoms with E-state index in [9.17, 15) is 0 Å². The average Bonchev–Trinajstić information content (AvgIpc) is 2.84. The number of nitrogens with zero attached hydrogens (tertiary/aromatic N) is 4. The predicted octanol–water partition coefficient (Wildman–Crippen LogP) is 1.55.